The molecule has 102 valence electrons. The summed E-state index contributed by atoms with van der Waals surface area (Å²) in [5.74, 6) is -2.42. The van der Waals surface area contributed by atoms with E-state index in [1.54, 1.807) is 0 Å². The van der Waals surface area contributed by atoms with Crippen molar-refractivity contribution in [1.29, 1.82) is 0 Å². The van der Waals surface area contributed by atoms with E-state index in [0.717, 1.165) is 12.1 Å². The van der Waals surface area contributed by atoms with Crippen LogP contribution in [-0.4, -0.2) is 22.8 Å². The van der Waals surface area contributed by atoms with Crippen LogP contribution in [0.5, 0.6) is 0 Å². The lowest BCUT2D eigenvalue weighted by Crippen LogP contribution is -2.39. The first-order chi connectivity index (χ1) is 8.81. The van der Waals surface area contributed by atoms with E-state index in [2.05, 4.69) is 5.32 Å². The Morgan fingerprint density at radius 2 is 2.11 bits per heavy atom. The van der Waals surface area contributed by atoms with Gasteiger partial charge in [0.05, 0.1) is 23.5 Å². The number of nitrogens with zero attached hydrogens (tertiary/aromatic N) is 1. The van der Waals surface area contributed by atoms with E-state index in [4.69, 9.17) is 11.5 Å². The predicted molar refractivity (Wildman–Crippen MR) is 63.5 cm³/mol. The molecule has 0 aliphatic heterocycles. The van der Waals surface area contributed by atoms with Crippen molar-refractivity contribution in [3.63, 3.8) is 0 Å². The van der Waals surface area contributed by atoms with E-state index < -0.39 is 40.7 Å². The molecule has 0 saturated heterocycles. The molecular weight excluding hydrogens is 259 g/mol. The molecule has 0 heterocycles. The molecule has 1 aromatic carbocycles. The molecule has 9 heteroatoms. The molecule has 0 spiro atoms. The Hall–Kier alpha value is -2.55. The van der Waals surface area contributed by atoms with Crippen molar-refractivity contribution in [2.24, 2.45) is 11.5 Å². The van der Waals surface area contributed by atoms with Crippen LogP contribution in [-0.2, 0) is 9.59 Å². The molecule has 0 aromatic heterocycles. The smallest absolute Gasteiger partial charge is 0.295 e. The SMILES string of the molecule is NC(=O)C[C@H](N)C(=O)Nc1ccc(F)cc1[N+](=O)[O-]. The number of hydrogen-bond donors (Lipinski definition) is 3. The summed E-state index contributed by atoms with van der Waals surface area (Å²) in [5, 5.41) is 12.8. The lowest BCUT2D eigenvalue weighted by atomic mass is 10.2. The lowest BCUT2D eigenvalue weighted by Gasteiger charge is -2.10. The normalized spacial score (nSPS) is 11.7. The first kappa shape index (κ1) is 14.5. The minimum atomic E-state index is -1.23. The van der Waals surface area contributed by atoms with Crippen LogP contribution in [0.15, 0.2) is 18.2 Å². The van der Waals surface area contributed by atoms with E-state index >= 15 is 0 Å². The maximum absolute atomic E-state index is 12.9. The number of nitro groups is 1. The third-order valence-electron chi connectivity index (χ3n) is 2.17. The standard InChI is InChI=1S/C10H11FN4O4/c11-5-1-2-7(8(3-5)15(18)19)14-10(17)6(12)4-9(13)16/h1-3,6H,4,12H2,(H2,13,16)(H,14,17)/t6-/m0/s1. The highest BCUT2D eigenvalue weighted by atomic mass is 19.1. The zero-order chi connectivity index (χ0) is 14.6. The van der Waals surface area contributed by atoms with Crippen LogP contribution >= 0.6 is 0 Å². The molecule has 0 radical (unpaired) electrons. The summed E-state index contributed by atoms with van der Waals surface area (Å²) in [6, 6.07) is 1.40. The highest BCUT2D eigenvalue weighted by Gasteiger charge is 2.21. The monoisotopic (exact) mass is 270 g/mol. The number of anilines is 1. The maximum atomic E-state index is 12.9. The minimum absolute atomic E-state index is 0.212. The summed E-state index contributed by atoms with van der Waals surface area (Å²) in [6.07, 6.45) is -0.402. The Bertz CT molecular complexity index is 534. The molecule has 1 atom stereocenters. The summed E-state index contributed by atoms with van der Waals surface area (Å²) < 4.78 is 12.9. The topological polar surface area (TPSA) is 141 Å². The molecule has 0 saturated carbocycles. The van der Waals surface area contributed by atoms with Crippen molar-refractivity contribution in [3.8, 4) is 0 Å². The van der Waals surface area contributed by atoms with Crippen molar-refractivity contribution < 1.29 is 18.9 Å². The summed E-state index contributed by atoms with van der Waals surface area (Å²) in [6.45, 7) is 0. The van der Waals surface area contributed by atoms with Gasteiger partial charge in [0.15, 0.2) is 0 Å². The van der Waals surface area contributed by atoms with Crippen molar-refractivity contribution in [1.82, 2.24) is 0 Å². The first-order valence-corrected chi connectivity index (χ1v) is 5.10. The van der Waals surface area contributed by atoms with Gasteiger partial charge in [-0.05, 0) is 12.1 Å². The van der Waals surface area contributed by atoms with Crippen LogP contribution in [0, 0.1) is 15.9 Å². The number of halogens is 1. The molecule has 0 bridgehead atoms. The molecular formula is C10H11FN4O4. The average Bonchev–Trinajstić information content (AvgIpc) is 2.30. The van der Waals surface area contributed by atoms with E-state index in [0.29, 0.717) is 6.07 Å². The van der Waals surface area contributed by atoms with Crippen molar-refractivity contribution in [2.45, 2.75) is 12.5 Å². The molecule has 0 fully saturated rings. The number of nitro benzene ring substituents is 1. The first-order valence-electron chi connectivity index (χ1n) is 5.10. The van der Waals surface area contributed by atoms with Gasteiger partial charge in [0.2, 0.25) is 11.8 Å². The van der Waals surface area contributed by atoms with Crippen molar-refractivity contribution in [2.75, 3.05) is 5.32 Å². The Morgan fingerprint density at radius 1 is 1.47 bits per heavy atom. The minimum Gasteiger partial charge on any atom is -0.370 e. The number of carbonyl (C=O) groups is 2. The second-order valence-corrected chi connectivity index (χ2v) is 3.68. The summed E-state index contributed by atoms with van der Waals surface area (Å²) >= 11 is 0. The second kappa shape index (κ2) is 5.87. The number of nitrogens with one attached hydrogen (secondary N) is 1. The molecule has 2 amide bonds. The summed E-state index contributed by atoms with van der Waals surface area (Å²) in [4.78, 5) is 32.0. The van der Waals surface area contributed by atoms with Crippen LogP contribution in [0.1, 0.15) is 6.42 Å². The molecule has 8 nitrogen and oxygen atoms in total. The number of rotatable bonds is 5. The van der Waals surface area contributed by atoms with E-state index in [1.807, 2.05) is 0 Å². The number of nitrogens with two attached hydrogens (primary N) is 2. The van der Waals surface area contributed by atoms with Gasteiger partial charge in [-0.15, -0.1) is 0 Å². The van der Waals surface area contributed by atoms with E-state index in [1.165, 1.54) is 0 Å². The van der Waals surface area contributed by atoms with Gasteiger partial charge in [-0.3, -0.25) is 19.7 Å². The van der Waals surface area contributed by atoms with Gasteiger partial charge in [0, 0.05) is 0 Å². The zero-order valence-corrected chi connectivity index (χ0v) is 9.63. The van der Waals surface area contributed by atoms with Gasteiger partial charge >= 0.3 is 0 Å². The van der Waals surface area contributed by atoms with Gasteiger partial charge in [0.1, 0.15) is 11.5 Å². The fourth-order valence-electron chi connectivity index (χ4n) is 1.30. The van der Waals surface area contributed by atoms with Crippen LogP contribution in [0.25, 0.3) is 0 Å². The van der Waals surface area contributed by atoms with Crippen LogP contribution in [0.2, 0.25) is 0 Å². The Kier molecular flexibility index (Phi) is 4.48. The quantitative estimate of drug-likeness (QED) is 0.505. The van der Waals surface area contributed by atoms with Crippen molar-refractivity contribution in [3.05, 3.63) is 34.1 Å². The highest BCUT2D eigenvalue weighted by Crippen LogP contribution is 2.25. The number of benzene rings is 1. The number of carbonyl (C=O) groups excluding carboxylic acids is 2. The third-order valence-corrected chi connectivity index (χ3v) is 2.17. The molecule has 0 unspecified atom stereocenters. The summed E-state index contributed by atoms with van der Waals surface area (Å²) in [5.41, 5.74) is 9.41. The lowest BCUT2D eigenvalue weighted by molar-refractivity contribution is -0.384. The fourth-order valence-corrected chi connectivity index (χ4v) is 1.30. The molecule has 1 aromatic rings. The number of primary amides is 1. The maximum Gasteiger partial charge on any atom is 0.295 e. The molecule has 0 aliphatic rings. The Morgan fingerprint density at radius 3 is 2.63 bits per heavy atom. The second-order valence-electron chi connectivity index (χ2n) is 3.68. The van der Waals surface area contributed by atoms with Crippen LogP contribution in [0.3, 0.4) is 0 Å². The van der Waals surface area contributed by atoms with E-state index in [9.17, 15) is 24.1 Å². The predicted octanol–water partition coefficient (Wildman–Crippen LogP) is -0.125. The third kappa shape index (κ3) is 4.00. The number of amides is 2. The van der Waals surface area contributed by atoms with E-state index in [-0.39, 0.29) is 5.69 Å². The molecule has 5 N–H and O–H groups in total. The molecule has 19 heavy (non-hydrogen) atoms. The summed E-state index contributed by atoms with van der Waals surface area (Å²) in [7, 11) is 0. The van der Waals surface area contributed by atoms with Gasteiger partial charge in [0.25, 0.3) is 5.69 Å². The highest BCUT2D eigenvalue weighted by molar-refractivity contribution is 5.98. The number of hydrogen-bond acceptors (Lipinski definition) is 5. The average molecular weight is 270 g/mol. The Labute approximate surface area is 106 Å². The van der Waals surface area contributed by atoms with Gasteiger partial charge in [-0.2, -0.15) is 0 Å². The van der Waals surface area contributed by atoms with Gasteiger partial charge in [-0.25, -0.2) is 4.39 Å². The fraction of sp³-hybridized carbons (Fsp3) is 0.200. The zero-order valence-electron chi connectivity index (χ0n) is 9.63. The molecule has 1 rings (SSSR count). The van der Waals surface area contributed by atoms with Crippen molar-refractivity contribution >= 4 is 23.2 Å². The van der Waals surface area contributed by atoms with Gasteiger partial charge in [-0.1, -0.05) is 0 Å². The van der Waals surface area contributed by atoms with Gasteiger partial charge < -0.3 is 16.8 Å². The molecule has 0 aliphatic carbocycles. The largest absolute Gasteiger partial charge is 0.370 e. The van der Waals surface area contributed by atoms with Crippen LogP contribution in [0.4, 0.5) is 15.8 Å². The van der Waals surface area contributed by atoms with Crippen LogP contribution < -0.4 is 16.8 Å². The Balaban J connectivity index is 2.90.